The molecule has 0 aliphatic rings. The largest absolute Gasteiger partial charge is 0.369 e. The summed E-state index contributed by atoms with van der Waals surface area (Å²) in [6, 6.07) is 8.64. The Balaban J connectivity index is 2.13. The molecule has 2 rings (SSSR count). The van der Waals surface area contributed by atoms with E-state index < -0.39 is 0 Å². The summed E-state index contributed by atoms with van der Waals surface area (Å²) in [5.41, 5.74) is 2.49. The second-order valence-corrected chi connectivity index (χ2v) is 7.32. The van der Waals surface area contributed by atoms with E-state index in [0.717, 1.165) is 20.8 Å². The average Bonchev–Trinajstić information content (AvgIpc) is 2.74. The highest BCUT2D eigenvalue weighted by atomic mass is 79.9. The van der Waals surface area contributed by atoms with E-state index in [4.69, 9.17) is 0 Å². The topological polar surface area (TPSA) is 3.24 Å². The Morgan fingerprint density at radius 3 is 2.56 bits per heavy atom. The van der Waals surface area contributed by atoms with E-state index in [1.54, 1.807) is 11.3 Å². The van der Waals surface area contributed by atoms with Gasteiger partial charge in [0.2, 0.25) is 0 Å². The summed E-state index contributed by atoms with van der Waals surface area (Å²) < 4.78 is 2.31. The number of rotatable bonds is 4. The molecule has 96 valence electrons. The van der Waals surface area contributed by atoms with Gasteiger partial charge in [-0.1, -0.05) is 37.9 Å². The first-order valence-corrected chi connectivity index (χ1v) is 8.97. The van der Waals surface area contributed by atoms with Gasteiger partial charge in [-0.05, 0) is 39.7 Å². The summed E-state index contributed by atoms with van der Waals surface area (Å²) in [7, 11) is 2.11. The van der Waals surface area contributed by atoms with Crippen LogP contribution in [-0.4, -0.2) is 7.05 Å². The van der Waals surface area contributed by atoms with Crippen LogP contribution in [0.2, 0.25) is 0 Å². The maximum atomic E-state index is 3.60. The van der Waals surface area contributed by atoms with Crippen molar-refractivity contribution in [3.05, 3.63) is 49.0 Å². The summed E-state index contributed by atoms with van der Waals surface area (Å²) >= 11 is 12.3. The van der Waals surface area contributed by atoms with Crippen molar-refractivity contribution in [2.24, 2.45) is 0 Å². The Hall–Kier alpha value is 0.160. The van der Waals surface area contributed by atoms with Crippen LogP contribution in [0.15, 0.2) is 38.6 Å². The van der Waals surface area contributed by atoms with Crippen molar-refractivity contribution in [3.63, 3.8) is 0 Å². The van der Waals surface area contributed by atoms with Crippen molar-refractivity contribution >= 4 is 64.8 Å². The third kappa shape index (κ3) is 3.59. The van der Waals surface area contributed by atoms with Gasteiger partial charge in [-0.2, -0.15) is 0 Å². The van der Waals surface area contributed by atoms with E-state index in [-0.39, 0.29) is 0 Å². The Kier molecular flexibility index (Phi) is 5.30. The van der Waals surface area contributed by atoms with Crippen molar-refractivity contribution < 1.29 is 0 Å². The number of halogens is 3. The number of alkyl halides is 1. The molecule has 1 heterocycles. The van der Waals surface area contributed by atoms with Gasteiger partial charge in [-0.15, -0.1) is 11.3 Å². The van der Waals surface area contributed by atoms with Crippen molar-refractivity contribution in [2.75, 3.05) is 11.9 Å². The molecule has 0 aliphatic heterocycles. The van der Waals surface area contributed by atoms with Crippen molar-refractivity contribution in [1.29, 1.82) is 0 Å². The summed E-state index contributed by atoms with van der Waals surface area (Å²) in [5, 5.41) is 2.99. The monoisotopic (exact) mass is 451 g/mol. The van der Waals surface area contributed by atoms with Gasteiger partial charge in [0.15, 0.2) is 0 Å². The normalized spacial score (nSPS) is 10.7. The molecule has 0 radical (unpaired) electrons. The van der Waals surface area contributed by atoms with E-state index in [9.17, 15) is 0 Å². The first-order chi connectivity index (χ1) is 8.60. The standard InChI is InChI=1S/C13H12Br3NS/c1-17(7-12-4-10(15)8-18-12)11-3-2-9(6-14)13(16)5-11/h2-5,8H,6-7H2,1H3. The number of thiophene rings is 1. The number of benzene rings is 1. The summed E-state index contributed by atoms with van der Waals surface area (Å²) in [4.78, 5) is 3.60. The van der Waals surface area contributed by atoms with Crippen LogP contribution >= 0.6 is 59.1 Å². The third-order valence-corrected chi connectivity index (χ3v) is 5.66. The Labute approximate surface area is 137 Å². The highest BCUT2D eigenvalue weighted by Crippen LogP contribution is 2.27. The van der Waals surface area contributed by atoms with Gasteiger partial charge >= 0.3 is 0 Å². The second-order valence-electron chi connectivity index (χ2n) is 4.00. The molecule has 1 aromatic heterocycles. The van der Waals surface area contributed by atoms with Crippen molar-refractivity contribution in [2.45, 2.75) is 11.9 Å². The van der Waals surface area contributed by atoms with Crippen LogP contribution in [0.25, 0.3) is 0 Å². The van der Waals surface area contributed by atoms with Crippen LogP contribution < -0.4 is 4.90 Å². The van der Waals surface area contributed by atoms with Gasteiger partial charge in [0.05, 0.1) is 6.54 Å². The van der Waals surface area contributed by atoms with Crippen LogP contribution in [-0.2, 0) is 11.9 Å². The maximum absolute atomic E-state index is 3.60. The van der Waals surface area contributed by atoms with E-state index >= 15 is 0 Å². The zero-order valence-electron chi connectivity index (χ0n) is 9.79. The van der Waals surface area contributed by atoms with Crippen molar-refractivity contribution in [1.82, 2.24) is 0 Å². The van der Waals surface area contributed by atoms with E-state index in [1.165, 1.54) is 16.1 Å². The van der Waals surface area contributed by atoms with Crippen LogP contribution in [0.4, 0.5) is 5.69 Å². The van der Waals surface area contributed by atoms with Crippen LogP contribution in [0.5, 0.6) is 0 Å². The molecule has 18 heavy (non-hydrogen) atoms. The second kappa shape index (κ2) is 6.55. The fraction of sp³-hybridized carbons (Fsp3) is 0.231. The molecule has 2 aromatic rings. The van der Waals surface area contributed by atoms with Gasteiger partial charge in [0.25, 0.3) is 0 Å². The van der Waals surface area contributed by atoms with E-state index in [1.807, 2.05) is 0 Å². The molecule has 1 nitrogen and oxygen atoms in total. The van der Waals surface area contributed by atoms with Gasteiger partial charge < -0.3 is 4.90 Å². The number of nitrogens with zero attached hydrogens (tertiary/aromatic N) is 1. The zero-order valence-corrected chi connectivity index (χ0v) is 15.4. The highest BCUT2D eigenvalue weighted by molar-refractivity contribution is 9.11. The first kappa shape index (κ1) is 14.6. The van der Waals surface area contributed by atoms with Crippen LogP contribution in [0.3, 0.4) is 0 Å². The van der Waals surface area contributed by atoms with Crippen molar-refractivity contribution in [3.8, 4) is 0 Å². The molecular formula is C13H12Br3NS. The maximum Gasteiger partial charge on any atom is 0.0519 e. The lowest BCUT2D eigenvalue weighted by molar-refractivity contribution is 0.939. The summed E-state index contributed by atoms with van der Waals surface area (Å²) in [6.07, 6.45) is 0. The lowest BCUT2D eigenvalue weighted by Crippen LogP contribution is -2.15. The van der Waals surface area contributed by atoms with E-state index in [2.05, 4.69) is 89.4 Å². The smallest absolute Gasteiger partial charge is 0.0519 e. The number of hydrogen-bond donors (Lipinski definition) is 0. The Bertz CT molecular complexity index is 539. The molecule has 0 spiro atoms. The highest BCUT2D eigenvalue weighted by Gasteiger charge is 2.06. The predicted octanol–water partition coefficient (Wildman–Crippen LogP) is 5.80. The summed E-state index contributed by atoms with van der Waals surface area (Å²) in [5.74, 6) is 0. The van der Waals surface area contributed by atoms with Gasteiger partial charge in [-0.3, -0.25) is 0 Å². The quantitative estimate of drug-likeness (QED) is 0.528. The van der Waals surface area contributed by atoms with Gasteiger partial charge in [0, 0.05) is 37.3 Å². The minimum absolute atomic E-state index is 0.870. The lowest BCUT2D eigenvalue weighted by atomic mass is 10.2. The lowest BCUT2D eigenvalue weighted by Gasteiger charge is -2.19. The summed E-state index contributed by atoms with van der Waals surface area (Å²) in [6.45, 7) is 0.927. The Morgan fingerprint density at radius 2 is 2.00 bits per heavy atom. The molecule has 0 amide bonds. The van der Waals surface area contributed by atoms with E-state index in [0.29, 0.717) is 0 Å². The van der Waals surface area contributed by atoms with Crippen LogP contribution in [0, 0.1) is 0 Å². The minimum Gasteiger partial charge on any atom is -0.369 e. The fourth-order valence-electron chi connectivity index (χ4n) is 1.64. The molecule has 0 unspecified atom stereocenters. The molecule has 0 fully saturated rings. The number of anilines is 1. The third-order valence-electron chi connectivity index (χ3n) is 2.64. The average molecular weight is 454 g/mol. The molecule has 0 saturated carbocycles. The van der Waals surface area contributed by atoms with Gasteiger partial charge in [-0.25, -0.2) is 0 Å². The molecule has 0 saturated heterocycles. The number of hydrogen-bond acceptors (Lipinski definition) is 2. The molecular weight excluding hydrogens is 442 g/mol. The molecule has 1 aromatic carbocycles. The predicted molar refractivity (Wildman–Crippen MR) is 90.9 cm³/mol. The zero-order chi connectivity index (χ0) is 13.1. The molecule has 0 N–H and O–H groups in total. The fourth-order valence-corrected chi connectivity index (χ4v) is 4.52. The molecule has 0 aliphatic carbocycles. The minimum atomic E-state index is 0.870. The Morgan fingerprint density at radius 1 is 1.22 bits per heavy atom. The van der Waals surface area contributed by atoms with Gasteiger partial charge in [0.1, 0.15) is 0 Å². The molecule has 5 heteroatoms. The molecule has 0 atom stereocenters. The van der Waals surface area contributed by atoms with Crippen LogP contribution in [0.1, 0.15) is 10.4 Å². The molecule has 0 bridgehead atoms. The first-order valence-electron chi connectivity index (χ1n) is 5.38. The SMILES string of the molecule is CN(Cc1cc(Br)cs1)c1ccc(CBr)c(Br)c1.